The van der Waals surface area contributed by atoms with Crippen LogP contribution in [0.5, 0.6) is 17.2 Å². The van der Waals surface area contributed by atoms with Crippen molar-refractivity contribution in [3.63, 3.8) is 0 Å². The third-order valence-electron chi connectivity index (χ3n) is 4.02. The molecule has 140 valence electrons. The zero-order valence-electron chi connectivity index (χ0n) is 14.9. The highest BCUT2D eigenvalue weighted by atomic mass is 31.2. The van der Waals surface area contributed by atoms with E-state index >= 15 is 0 Å². The molecular weight excluding hydrogens is 389 g/mol. The Morgan fingerprint density at radius 3 is 1.69 bits per heavy atom. The number of nitrogens with zero attached hydrogens (tertiary/aromatic N) is 3. The van der Waals surface area contributed by atoms with Crippen LogP contribution in [0.1, 0.15) is 0 Å². The summed E-state index contributed by atoms with van der Waals surface area (Å²) in [5.41, 5.74) is 0. The van der Waals surface area contributed by atoms with Crippen LogP contribution in [0.3, 0.4) is 0 Å². The Bertz CT molecular complexity index is 1170. The van der Waals surface area contributed by atoms with Gasteiger partial charge >= 0.3 is 0 Å². The molecule has 0 aromatic heterocycles. The van der Waals surface area contributed by atoms with Crippen LogP contribution < -0.4 is 30.1 Å². The van der Waals surface area contributed by atoms with E-state index in [2.05, 4.69) is 0 Å². The van der Waals surface area contributed by atoms with Gasteiger partial charge in [0.2, 0.25) is 0 Å². The molecule has 29 heavy (non-hydrogen) atoms. The molecule has 0 saturated carbocycles. The fraction of sp³-hybridized carbons (Fsp3) is 0. The predicted octanol–water partition coefficient (Wildman–Crippen LogP) is 2.91. The second-order valence-corrected chi connectivity index (χ2v) is 8.45. The summed E-state index contributed by atoms with van der Waals surface area (Å²) in [4.78, 5) is 0. The van der Waals surface area contributed by atoms with E-state index in [1.54, 1.807) is 67.3 Å². The van der Waals surface area contributed by atoms with Crippen LogP contribution in [0.15, 0.2) is 72.8 Å². The molecule has 0 fully saturated rings. The summed E-state index contributed by atoms with van der Waals surface area (Å²) < 4.78 is 29.1. The molecule has 0 aliphatic heterocycles. The van der Waals surface area contributed by atoms with E-state index in [1.807, 2.05) is 0 Å². The molecule has 0 aliphatic rings. The van der Waals surface area contributed by atoms with Gasteiger partial charge in [0.1, 0.15) is 17.2 Å². The molecular formula is C21H12N3O4P. The zero-order valence-corrected chi connectivity index (χ0v) is 15.7. The van der Waals surface area contributed by atoms with Crippen molar-refractivity contribution in [3.8, 4) is 36.0 Å². The van der Waals surface area contributed by atoms with Gasteiger partial charge in [-0.05, 0) is 24.3 Å². The highest BCUT2D eigenvalue weighted by Crippen LogP contribution is 2.44. The van der Waals surface area contributed by atoms with Crippen LogP contribution in [-0.4, -0.2) is 0 Å². The Labute approximate surface area is 166 Å². The van der Waals surface area contributed by atoms with Crippen molar-refractivity contribution >= 4 is 23.1 Å². The van der Waals surface area contributed by atoms with E-state index in [0.29, 0.717) is 10.6 Å². The minimum absolute atomic E-state index is 0.0795. The molecule has 0 bridgehead atoms. The third-order valence-corrected chi connectivity index (χ3v) is 7.04. The van der Waals surface area contributed by atoms with Crippen molar-refractivity contribution in [2.45, 2.75) is 0 Å². The average molecular weight is 401 g/mol. The molecule has 1 atom stereocenters. The maximum Gasteiger partial charge on any atom is 0.292 e. The number of nitriles is 3. The SMILES string of the molecule is N#COc1cccc(P(=O)(c2ccccc2)c2cc(OC#N)cc(OC#N)c2)c1. The van der Waals surface area contributed by atoms with E-state index in [0.717, 1.165) is 0 Å². The van der Waals surface area contributed by atoms with Crippen molar-refractivity contribution in [3.05, 3.63) is 72.8 Å². The van der Waals surface area contributed by atoms with E-state index < -0.39 is 7.14 Å². The topological polar surface area (TPSA) is 116 Å². The standard InChI is InChI=1S/C21H12N3O4P/c22-13-26-16-5-4-8-20(10-16)29(25,19-6-2-1-3-7-19)21-11-17(27-14-23)9-18(12-21)28-15-24/h1-12H. The summed E-state index contributed by atoms with van der Waals surface area (Å²) in [5, 5.41) is 27.7. The predicted molar refractivity (Wildman–Crippen MR) is 105 cm³/mol. The first kappa shape index (κ1) is 19.5. The lowest BCUT2D eigenvalue weighted by Gasteiger charge is -2.21. The molecule has 0 aliphatic carbocycles. The lowest BCUT2D eigenvalue weighted by Crippen LogP contribution is -2.25. The van der Waals surface area contributed by atoms with Crippen LogP contribution in [0.25, 0.3) is 0 Å². The molecule has 0 spiro atoms. The second kappa shape index (κ2) is 8.63. The highest BCUT2D eigenvalue weighted by Gasteiger charge is 2.31. The largest absolute Gasteiger partial charge is 0.388 e. The highest BCUT2D eigenvalue weighted by molar-refractivity contribution is 7.85. The smallest absolute Gasteiger partial charge is 0.292 e. The van der Waals surface area contributed by atoms with Crippen molar-refractivity contribution in [1.82, 2.24) is 0 Å². The molecule has 8 heteroatoms. The number of hydrogen-bond donors (Lipinski definition) is 0. The van der Waals surface area contributed by atoms with Crippen LogP contribution in [0.2, 0.25) is 0 Å². The van der Waals surface area contributed by atoms with Gasteiger partial charge in [-0.25, -0.2) is 0 Å². The first-order valence-corrected chi connectivity index (χ1v) is 9.92. The van der Waals surface area contributed by atoms with Crippen LogP contribution >= 0.6 is 7.14 Å². The van der Waals surface area contributed by atoms with Gasteiger partial charge in [0.05, 0.1) is 0 Å². The third kappa shape index (κ3) is 4.04. The summed E-state index contributed by atoms with van der Waals surface area (Å²) in [7, 11) is -3.50. The van der Waals surface area contributed by atoms with Crippen LogP contribution in [0, 0.1) is 34.6 Å². The van der Waals surface area contributed by atoms with Gasteiger partial charge < -0.3 is 18.8 Å². The fourth-order valence-electron chi connectivity index (χ4n) is 2.84. The van der Waals surface area contributed by atoms with Gasteiger partial charge in [0, 0.05) is 22.0 Å². The molecule has 3 aromatic carbocycles. The summed E-state index contributed by atoms with van der Waals surface area (Å²) >= 11 is 0. The Morgan fingerprint density at radius 1 is 0.586 bits per heavy atom. The molecule has 0 amide bonds. The first-order valence-electron chi connectivity index (χ1n) is 8.21. The van der Waals surface area contributed by atoms with Gasteiger partial charge in [-0.3, -0.25) is 0 Å². The Kier molecular flexibility index (Phi) is 5.81. The van der Waals surface area contributed by atoms with Gasteiger partial charge in [-0.15, -0.1) is 15.8 Å². The zero-order chi connectivity index (χ0) is 20.7. The maximum atomic E-state index is 14.5. The molecule has 3 aromatic rings. The number of hydrogen-bond acceptors (Lipinski definition) is 7. The molecule has 7 nitrogen and oxygen atoms in total. The summed E-state index contributed by atoms with van der Waals surface area (Å²) in [6, 6.07) is 19.3. The van der Waals surface area contributed by atoms with Crippen molar-refractivity contribution in [2.24, 2.45) is 0 Å². The van der Waals surface area contributed by atoms with Gasteiger partial charge in [0.15, 0.2) is 7.14 Å². The van der Waals surface area contributed by atoms with Crippen molar-refractivity contribution in [1.29, 1.82) is 15.8 Å². The van der Waals surface area contributed by atoms with E-state index in [-0.39, 0.29) is 22.6 Å². The van der Waals surface area contributed by atoms with Crippen LogP contribution in [0.4, 0.5) is 0 Å². The minimum Gasteiger partial charge on any atom is -0.388 e. The van der Waals surface area contributed by atoms with Crippen LogP contribution in [-0.2, 0) is 4.57 Å². The molecule has 3 rings (SSSR count). The molecule has 0 saturated heterocycles. The quantitative estimate of drug-likeness (QED) is 0.460. The Morgan fingerprint density at radius 2 is 1.10 bits per heavy atom. The average Bonchev–Trinajstić information content (AvgIpc) is 2.74. The van der Waals surface area contributed by atoms with Gasteiger partial charge in [0.25, 0.3) is 18.8 Å². The Hall–Kier alpha value is -4.24. The first-order chi connectivity index (χ1) is 14.1. The van der Waals surface area contributed by atoms with Gasteiger partial charge in [-0.1, -0.05) is 42.5 Å². The monoisotopic (exact) mass is 401 g/mol. The Balaban J connectivity index is 2.30. The number of ether oxygens (including phenoxy) is 3. The normalized spacial score (nSPS) is 11.8. The lowest BCUT2D eigenvalue weighted by atomic mass is 10.3. The molecule has 1 unspecified atom stereocenters. The number of rotatable bonds is 6. The van der Waals surface area contributed by atoms with Crippen molar-refractivity contribution in [2.75, 3.05) is 0 Å². The minimum atomic E-state index is -3.50. The van der Waals surface area contributed by atoms with Gasteiger partial charge in [-0.2, -0.15) is 0 Å². The van der Waals surface area contributed by atoms with E-state index in [1.165, 1.54) is 24.3 Å². The van der Waals surface area contributed by atoms with Crippen molar-refractivity contribution < 1.29 is 18.8 Å². The summed E-state index contributed by atoms with van der Waals surface area (Å²) in [6.07, 6.45) is 4.70. The second-order valence-electron chi connectivity index (χ2n) is 5.68. The molecule has 0 heterocycles. The van der Waals surface area contributed by atoms with E-state index in [4.69, 9.17) is 30.0 Å². The van der Waals surface area contributed by atoms with E-state index in [9.17, 15) is 4.57 Å². The summed E-state index contributed by atoms with van der Waals surface area (Å²) in [6.45, 7) is 0. The number of benzene rings is 3. The fourth-order valence-corrected chi connectivity index (χ4v) is 5.55. The maximum absolute atomic E-state index is 14.5. The lowest BCUT2D eigenvalue weighted by molar-refractivity contribution is 0.484. The molecule has 0 radical (unpaired) electrons. The summed E-state index contributed by atoms with van der Waals surface area (Å²) in [5.74, 6) is 0.394. The molecule has 0 N–H and O–H groups in total.